The molecule has 0 aromatic carbocycles. The van der Waals surface area contributed by atoms with Crippen LogP contribution in [0.5, 0.6) is 0 Å². The topological polar surface area (TPSA) is 67.4 Å². The Hall–Kier alpha value is -1.74. The lowest BCUT2D eigenvalue weighted by atomic mass is 9.85. The van der Waals surface area contributed by atoms with E-state index < -0.39 is 0 Å². The number of thiazole rings is 1. The quantitative estimate of drug-likeness (QED) is 0.866. The van der Waals surface area contributed by atoms with Crippen molar-refractivity contribution in [2.75, 3.05) is 0 Å². The maximum Gasteiger partial charge on any atom is 0.211 e. The lowest BCUT2D eigenvalue weighted by molar-refractivity contribution is 0.337. The van der Waals surface area contributed by atoms with Gasteiger partial charge in [0.15, 0.2) is 5.69 Å². The zero-order valence-corrected chi connectivity index (χ0v) is 12.1. The molecule has 0 atom stereocenters. The van der Waals surface area contributed by atoms with E-state index in [0.29, 0.717) is 5.69 Å². The molecule has 104 valence electrons. The average molecular weight is 287 g/mol. The van der Waals surface area contributed by atoms with Gasteiger partial charge in [0.05, 0.1) is 5.69 Å². The van der Waals surface area contributed by atoms with E-state index in [1.54, 1.807) is 10.9 Å². The van der Waals surface area contributed by atoms with Crippen LogP contribution in [0.2, 0.25) is 0 Å². The smallest absolute Gasteiger partial charge is 0.211 e. The van der Waals surface area contributed by atoms with E-state index >= 15 is 0 Å². The fourth-order valence-electron chi connectivity index (χ4n) is 2.90. The van der Waals surface area contributed by atoms with Gasteiger partial charge in [0.2, 0.25) is 5.13 Å². The zero-order valence-electron chi connectivity index (χ0n) is 11.3. The van der Waals surface area contributed by atoms with Gasteiger partial charge in [-0.25, -0.2) is 4.98 Å². The van der Waals surface area contributed by atoms with Gasteiger partial charge in [-0.2, -0.15) is 9.94 Å². The molecular formula is C14H17N5S. The Labute approximate surface area is 122 Å². The van der Waals surface area contributed by atoms with Gasteiger partial charge in [0, 0.05) is 11.6 Å². The molecule has 0 spiro atoms. The van der Waals surface area contributed by atoms with Gasteiger partial charge >= 0.3 is 0 Å². The Kier molecular flexibility index (Phi) is 4.07. The monoisotopic (exact) mass is 287 g/mol. The van der Waals surface area contributed by atoms with E-state index in [0.717, 1.165) is 29.6 Å². The number of hydrogen-bond acceptors (Lipinski definition) is 5. The SMILES string of the molecule is N#Cc1nnn(-c2nccs2)c1CCC1CCCCC1. The first-order chi connectivity index (χ1) is 9.88. The van der Waals surface area contributed by atoms with Crippen LogP contribution in [0.1, 0.15) is 49.9 Å². The summed E-state index contributed by atoms with van der Waals surface area (Å²) in [5.41, 5.74) is 1.35. The van der Waals surface area contributed by atoms with Gasteiger partial charge in [0.25, 0.3) is 0 Å². The lowest BCUT2D eigenvalue weighted by Gasteiger charge is -2.21. The minimum absolute atomic E-state index is 0.441. The molecular weight excluding hydrogens is 270 g/mol. The second-order valence-corrected chi connectivity index (χ2v) is 6.14. The van der Waals surface area contributed by atoms with Crippen LogP contribution in [-0.2, 0) is 6.42 Å². The maximum absolute atomic E-state index is 9.18. The number of hydrogen-bond donors (Lipinski definition) is 0. The maximum atomic E-state index is 9.18. The highest BCUT2D eigenvalue weighted by molar-refractivity contribution is 7.12. The predicted molar refractivity (Wildman–Crippen MR) is 76.6 cm³/mol. The van der Waals surface area contributed by atoms with E-state index in [1.807, 2.05) is 5.38 Å². The second kappa shape index (κ2) is 6.14. The molecule has 2 heterocycles. The van der Waals surface area contributed by atoms with Crippen molar-refractivity contribution in [1.82, 2.24) is 20.0 Å². The molecule has 1 aliphatic carbocycles. The van der Waals surface area contributed by atoms with E-state index in [1.165, 1.54) is 43.4 Å². The minimum Gasteiger partial charge on any atom is -0.227 e. The summed E-state index contributed by atoms with van der Waals surface area (Å²) in [6.45, 7) is 0. The number of rotatable bonds is 4. The summed E-state index contributed by atoms with van der Waals surface area (Å²) in [5, 5.41) is 19.9. The third-order valence-corrected chi connectivity index (χ3v) is 4.73. The Morgan fingerprint density at radius 3 is 2.90 bits per heavy atom. The van der Waals surface area contributed by atoms with Crippen molar-refractivity contribution in [2.45, 2.75) is 44.9 Å². The van der Waals surface area contributed by atoms with Crippen LogP contribution >= 0.6 is 11.3 Å². The Morgan fingerprint density at radius 2 is 2.20 bits per heavy atom. The number of aromatic nitrogens is 4. The first kappa shape index (κ1) is 13.3. The van der Waals surface area contributed by atoms with E-state index in [2.05, 4.69) is 21.4 Å². The van der Waals surface area contributed by atoms with Gasteiger partial charge in [-0.05, 0) is 18.8 Å². The summed E-state index contributed by atoms with van der Waals surface area (Å²) in [4.78, 5) is 4.26. The molecule has 0 saturated heterocycles. The van der Waals surface area contributed by atoms with Gasteiger partial charge < -0.3 is 0 Å². The molecule has 5 nitrogen and oxygen atoms in total. The summed E-state index contributed by atoms with van der Waals surface area (Å²) >= 11 is 1.52. The molecule has 1 aliphatic rings. The Balaban J connectivity index is 1.77. The van der Waals surface area contributed by atoms with Crippen molar-refractivity contribution in [3.63, 3.8) is 0 Å². The zero-order chi connectivity index (χ0) is 13.8. The first-order valence-electron chi connectivity index (χ1n) is 7.13. The highest BCUT2D eigenvalue weighted by Crippen LogP contribution is 2.28. The van der Waals surface area contributed by atoms with Crippen molar-refractivity contribution in [1.29, 1.82) is 5.26 Å². The first-order valence-corrected chi connectivity index (χ1v) is 8.01. The van der Waals surface area contributed by atoms with Gasteiger partial charge in [-0.3, -0.25) is 0 Å². The molecule has 1 fully saturated rings. The third kappa shape index (κ3) is 2.73. The van der Waals surface area contributed by atoms with E-state index in [-0.39, 0.29) is 0 Å². The summed E-state index contributed by atoms with van der Waals surface area (Å²) < 4.78 is 1.73. The predicted octanol–water partition coefficient (Wildman–Crippen LogP) is 3.11. The molecule has 2 aromatic rings. The standard InChI is InChI=1S/C14H17N5S/c15-10-12-13(7-6-11-4-2-1-3-5-11)19(18-17-12)14-16-8-9-20-14/h8-9,11H,1-7H2. The van der Waals surface area contributed by atoms with Crippen LogP contribution < -0.4 is 0 Å². The molecule has 0 N–H and O–H groups in total. The van der Waals surface area contributed by atoms with E-state index in [9.17, 15) is 5.26 Å². The van der Waals surface area contributed by atoms with Crippen molar-refractivity contribution >= 4 is 11.3 Å². The van der Waals surface area contributed by atoms with Crippen LogP contribution in [0.3, 0.4) is 0 Å². The molecule has 3 rings (SSSR count). The Morgan fingerprint density at radius 1 is 1.35 bits per heavy atom. The highest BCUT2D eigenvalue weighted by Gasteiger charge is 2.19. The van der Waals surface area contributed by atoms with Gasteiger partial charge in [-0.1, -0.05) is 37.3 Å². The van der Waals surface area contributed by atoms with Gasteiger partial charge in [0.1, 0.15) is 6.07 Å². The van der Waals surface area contributed by atoms with Crippen LogP contribution in [0, 0.1) is 17.2 Å². The second-order valence-electron chi connectivity index (χ2n) is 5.27. The molecule has 20 heavy (non-hydrogen) atoms. The van der Waals surface area contributed by atoms with Crippen molar-refractivity contribution < 1.29 is 0 Å². The molecule has 0 radical (unpaired) electrons. The van der Waals surface area contributed by atoms with Crippen LogP contribution in [0.15, 0.2) is 11.6 Å². The van der Waals surface area contributed by atoms with Gasteiger partial charge in [-0.15, -0.1) is 16.4 Å². The average Bonchev–Trinajstić information content (AvgIpc) is 3.14. The van der Waals surface area contributed by atoms with Crippen molar-refractivity contribution in [2.24, 2.45) is 5.92 Å². The molecule has 6 heteroatoms. The molecule has 0 aliphatic heterocycles. The third-order valence-electron chi connectivity index (χ3n) is 3.98. The van der Waals surface area contributed by atoms with E-state index in [4.69, 9.17) is 0 Å². The summed E-state index contributed by atoms with van der Waals surface area (Å²) in [6, 6.07) is 2.15. The number of nitrogens with zero attached hydrogens (tertiary/aromatic N) is 5. The summed E-state index contributed by atoms with van der Waals surface area (Å²) in [7, 11) is 0. The summed E-state index contributed by atoms with van der Waals surface area (Å²) in [5.74, 6) is 0.787. The number of nitriles is 1. The molecule has 1 saturated carbocycles. The minimum atomic E-state index is 0.441. The lowest BCUT2D eigenvalue weighted by Crippen LogP contribution is -2.10. The highest BCUT2D eigenvalue weighted by atomic mass is 32.1. The van der Waals surface area contributed by atoms with Crippen molar-refractivity contribution in [3.05, 3.63) is 23.0 Å². The van der Waals surface area contributed by atoms with Crippen LogP contribution in [0.4, 0.5) is 0 Å². The fourth-order valence-corrected chi connectivity index (χ4v) is 3.52. The molecule has 0 amide bonds. The normalized spacial score (nSPS) is 16.1. The molecule has 0 bridgehead atoms. The van der Waals surface area contributed by atoms with Crippen LogP contribution in [0.25, 0.3) is 5.13 Å². The molecule has 2 aromatic heterocycles. The summed E-state index contributed by atoms with van der Waals surface area (Å²) in [6.07, 6.45) is 10.4. The van der Waals surface area contributed by atoms with Crippen molar-refractivity contribution in [3.8, 4) is 11.2 Å². The largest absolute Gasteiger partial charge is 0.227 e. The Bertz CT molecular complexity index is 590. The van der Waals surface area contributed by atoms with Crippen LogP contribution in [-0.4, -0.2) is 20.0 Å². The fraction of sp³-hybridized carbons (Fsp3) is 0.571. The molecule has 0 unspecified atom stereocenters.